The average molecular weight is 229 g/mol. The van der Waals surface area contributed by atoms with Crippen LogP contribution in [-0.4, -0.2) is 32.1 Å². The van der Waals surface area contributed by atoms with Crippen LogP contribution in [0.4, 0.5) is 0 Å². The summed E-state index contributed by atoms with van der Waals surface area (Å²) >= 11 is 0. The second kappa shape index (κ2) is 8.04. The number of hydrogen-bond acceptors (Lipinski definition) is 3. The zero-order chi connectivity index (χ0) is 11.8. The van der Waals surface area contributed by atoms with E-state index in [1.54, 1.807) is 0 Å². The van der Waals surface area contributed by atoms with Gasteiger partial charge in [0.1, 0.15) is 0 Å². The first-order valence-electron chi connectivity index (χ1n) is 6.74. The quantitative estimate of drug-likeness (QED) is 0.649. The van der Waals surface area contributed by atoms with Crippen LogP contribution in [0.25, 0.3) is 0 Å². The molecule has 0 bridgehead atoms. The zero-order valence-corrected chi connectivity index (χ0v) is 11.0. The number of rotatable bonds is 8. The lowest BCUT2D eigenvalue weighted by molar-refractivity contribution is -0.134. The third kappa shape index (κ3) is 4.81. The van der Waals surface area contributed by atoms with E-state index in [9.17, 15) is 0 Å². The summed E-state index contributed by atoms with van der Waals surface area (Å²) in [6.45, 7) is 8.53. The zero-order valence-electron chi connectivity index (χ0n) is 11.0. The monoisotopic (exact) mass is 229 g/mol. The minimum Gasteiger partial charge on any atom is -0.352 e. The molecule has 0 aromatic rings. The fourth-order valence-electron chi connectivity index (χ4n) is 2.44. The van der Waals surface area contributed by atoms with Crippen LogP contribution in [-0.2, 0) is 9.47 Å². The molecule has 1 rings (SSSR count). The highest BCUT2D eigenvalue weighted by atomic mass is 16.7. The van der Waals surface area contributed by atoms with Gasteiger partial charge in [-0.2, -0.15) is 0 Å². The molecule has 0 spiro atoms. The van der Waals surface area contributed by atoms with Crippen molar-refractivity contribution >= 4 is 0 Å². The van der Waals surface area contributed by atoms with Gasteiger partial charge in [0.15, 0.2) is 6.29 Å². The van der Waals surface area contributed by atoms with E-state index >= 15 is 0 Å². The minimum absolute atomic E-state index is 0.0844. The van der Waals surface area contributed by atoms with E-state index in [1.807, 2.05) is 13.8 Å². The Kier molecular flexibility index (Phi) is 7.01. The standard InChI is InChI=1S/C13H27NO2/c1-4-15-13(16-5-2)10-14-11(3)12-8-6-7-9-12/h11-14H,4-10H2,1-3H3/t11-/m1/s1. The van der Waals surface area contributed by atoms with Crippen molar-refractivity contribution in [3.05, 3.63) is 0 Å². The third-order valence-electron chi connectivity index (χ3n) is 3.42. The van der Waals surface area contributed by atoms with E-state index in [2.05, 4.69) is 12.2 Å². The van der Waals surface area contributed by atoms with Crippen molar-refractivity contribution in [2.75, 3.05) is 19.8 Å². The molecule has 3 nitrogen and oxygen atoms in total. The molecule has 0 unspecified atom stereocenters. The summed E-state index contributed by atoms with van der Waals surface area (Å²) in [6, 6.07) is 0.589. The second-order valence-corrected chi connectivity index (χ2v) is 4.58. The summed E-state index contributed by atoms with van der Waals surface area (Å²) in [5.41, 5.74) is 0. The van der Waals surface area contributed by atoms with E-state index in [0.717, 1.165) is 12.5 Å². The molecule has 0 aliphatic heterocycles. The molecule has 1 N–H and O–H groups in total. The first kappa shape index (κ1) is 13.9. The molecular weight excluding hydrogens is 202 g/mol. The lowest BCUT2D eigenvalue weighted by atomic mass is 10.00. The Morgan fingerprint density at radius 2 is 1.69 bits per heavy atom. The summed E-state index contributed by atoms with van der Waals surface area (Å²) in [5.74, 6) is 0.851. The van der Waals surface area contributed by atoms with Gasteiger partial charge in [-0.3, -0.25) is 0 Å². The average Bonchev–Trinajstić information content (AvgIpc) is 2.79. The molecule has 1 fully saturated rings. The van der Waals surface area contributed by atoms with Gasteiger partial charge in [0.2, 0.25) is 0 Å². The largest absolute Gasteiger partial charge is 0.352 e. The fraction of sp³-hybridized carbons (Fsp3) is 1.00. The molecule has 1 aliphatic carbocycles. The van der Waals surface area contributed by atoms with E-state index in [1.165, 1.54) is 25.7 Å². The van der Waals surface area contributed by atoms with Crippen LogP contribution in [0.5, 0.6) is 0 Å². The maximum Gasteiger partial charge on any atom is 0.169 e. The van der Waals surface area contributed by atoms with Crippen LogP contribution < -0.4 is 5.32 Å². The Morgan fingerprint density at radius 1 is 1.12 bits per heavy atom. The van der Waals surface area contributed by atoms with E-state index in [-0.39, 0.29) is 6.29 Å². The molecule has 0 heterocycles. The first-order valence-corrected chi connectivity index (χ1v) is 6.74. The first-order chi connectivity index (χ1) is 7.77. The van der Waals surface area contributed by atoms with Gasteiger partial charge in [0.05, 0.1) is 0 Å². The van der Waals surface area contributed by atoms with Crippen molar-refractivity contribution in [2.24, 2.45) is 5.92 Å². The summed E-state index contributed by atoms with van der Waals surface area (Å²) in [6.07, 6.45) is 5.47. The highest BCUT2D eigenvalue weighted by molar-refractivity contribution is 4.77. The third-order valence-corrected chi connectivity index (χ3v) is 3.42. The van der Waals surface area contributed by atoms with Gasteiger partial charge >= 0.3 is 0 Å². The maximum atomic E-state index is 5.51. The highest BCUT2D eigenvalue weighted by Gasteiger charge is 2.21. The Hall–Kier alpha value is -0.120. The summed E-state index contributed by atoms with van der Waals surface area (Å²) in [4.78, 5) is 0. The number of nitrogens with one attached hydrogen (secondary N) is 1. The Labute approximate surface area is 99.9 Å². The molecule has 0 aromatic carbocycles. The van der Waals surface area contributed by atoms with Crippen molar-refractivity contribution in [2.45, 2.75) is 58.8 Å². The molecule has 1 aliphatic rings. The molecular formula is C13H27NO2. The second-order valence-electron chi connectivity index (χ2n) is 4.58. The van der Waals surface area contributed by atoms with Gasteiger partial charge in [-0.15, -0.1) is 0 Å². The smallest absolute Gasteiger partial charge is 0.169 e. The highest BCUT2D eigenvalue weighted by Crippen LogP contribution is 2.27. The van der Waals surface area contributed by atoms with Gasteiger partial charge < -0.3 is 14.8 Å². The van der Waals surface area contributed by atoms with E-state index < -0.39 is 0 Å². The SMILES string of the molecule is CCOC(CN[C@H](C)C1CCCC1)OCC. The summed E-state index contributed by atoms with van der Waals surface area (Å²) in [7, 11) is 0. The molecule has 0 aromatic heterocycles. The van der Waals surface area contributed by atoms with Crippen molar-refractivity contribution < 1.29 is 9.47 Å². The normalized spacial score (nSPS) is 19.5. The Morgan fingerprint density at radius 3 is 2.19 bits per heavy atom. The van der Waals surface area contributed by atoms with Gasteiger partial charge in [0.25, 0.3) is 0 Å². The molecule has 16 heavy (non-hydrogen) atoms. The predicted molar refractivity (Wildman–Crippen MR) is 66.5 cm³/mol. The van der Waals surface area contributed by atoms with Gasteiger partial charge in [0, 0.05) is 25.8 Å². The van der Waals surface area contributed by atoms with Gasteiger partial charge in [-0.05, 0) is 39.5 Å². The lowest BCUT2D eigenvalue weighted by Gasteiger charge is -2.24. The van der Waals surface area contributed by atoms with Crippen molar-refractivity contribution in [1.29, 1.82) is 0 Å². The predicted octanol–water partition coefficient (Wildman–Crippen LogP) is 2.55. The lowest BCUT2D eigenvalue weighted by Crippen LogP contribution is -2.39. The number of hydrogen-bond donors (Lipinski definition) is 1. The van der Waals surface area contributed by atoms with Crippen LogP contribution in [0.3, 0.4) is 0 Å². The maximum absolute atomic E-state index is 5.51. The van der Waals surface area contributed by atoms with E-state index in [0.29, 0.717) is 19.3 Å². The molecule has 1 atom stereocenters. The van der Waals surface area contributed by atoms with Crippen LogP contribution in [0.15, 0.2) is 0 Å². The molecule has 1 saturated carbocycles. The van der Waals surface area contributed by atoms with Crippen molar-refractivity contribution in [1.82, 2.24) is 5.32 Å². The molecule has 0 saturated heterocycles. The fourth-order valence-corrected chi connectivity index (χ4v) is 2.44. The summed E-state index contributed by atoms with van der Waals surface area (Å²) < 4.78 is 11.0. The van der Waals surface area contributed by atoms with Gasteiger partial charge in [-0.1, -0.05) is 12.8 Å². The van der Waals surface area contributed by atoms with Crippen LogP contribution in [0.2, 0.25) is 0 Å². The number of ether oxygens (including phenoxy) is 2. The molecule has 0 radical (unpaired) electrons. The Balaban J connectivity index is 2.18. The Bertz CT molecular complexity index is 161. The molecule has 0 amide bonds. The van der Waals surface area contributed by atoms with Crippen LogP contribution in [0.1, 0.15) is 46.5 Å². The topological polar surface area (TPSA) is 30.5 Å². The molecule has 96 valence electrons. The van der Waals surface area contributed by atoms with Crippen molar-refractivity contribution in [3.8, 4) is 0 Å². The van der Waals surface area contributed by atoms with Crippen molar-refractivity contribution in [3.63, 3.8) is 0 Å². The van der Waals surface area contributed by atoms with Gasteiger partial charge in [-0.25, -0.2) is 0 Å². The molecule has 3 heteroatoms. The van der Waals surface area contributed by atoms with E-state index in [4.69, 9.17) is 9.47 Å². The van der Waals surface area contributed by atoms with Crippen LogP contribution in [0, 0.1) is 5.92 Å². The van der Waals surface area contributed by atoms with Crippen LogP contribution >= 0.6 is 0 Å². The summed E-state index contributed by atoms with van der Waals surface area (Å²) in [5, 5.41) is 3.54. The minimum atomic E-state index is -0.0844.